The first-order valence-electron chi connectivity index (χ1n) is 44.3. The molecule has 34 nitrogen and oxygen atoms in total. The van der Waals surface area contributed by atoms with Gasteiger partial charge in [-0.15, -0.1) is 0 Å². The van der Waals surface area contributed by atoms with Gasteiger partial charge in [0.25, 0.3) is 23.6 Å². The Labute approximate surface area is 768 Å². The largest absolute Gasteiger partial charge is 0.491 e. The molecule has 0 radical (unpaired) electrons. The number of aliphatic hydroxyl groups excluding tert-OH is 1. The second-order valence-corrected chi connectivity index (χ2v) is 36.0. The normalized spacial score (nSPS) is 17.3. The van der Waals surface area contributed by atoms with Gasteiger partial charge in [-0.2, -0.15) is 0 Å². The smallest absolute Gasteiger partial charge is 0.410 e. The number of hydrogen-bond donors (Lipinski definition) is 8. The van der Waals surface area contributed by atoms with Crippen molar-refractivity contribution in [3.63, 3.8) is 0 Å². The molecule has 1 unspecified atom stereocenters. The molecule has 36 heteroatoms. The van der Waals surface area contributed by atoms with Gasteiger partial charge in [-0.05, 0) is 152 Å². The number of imide groups is 1. The summed E-state index contributed by atoms with van der Waals surface area (Å²) in [6.07, 6.45) is -1.32. The lowest BCUT2D eigenvalue weighted by molar-refractivity contribution is -0.148. The lowest BCUT2D eigenvalue weighted by Crippen LogP contribution is -2.60. The number of hydrogen-bond acceptors (Lipinski definition) is 23. The zero-order chi connectivity index (χ0) is 94.6. The average Bonchev–Trinajstić information content (AvgIpc) is 1.62. The molecule has 0 saturated carbocycles. The van der Waals surface area contributed by atoms with Crippen LogP contribution in [0.1, 0.15) is 146 Å². The highest BCUT2D eigenvalue weighted by Gasteiger charge is 2.46. The van der Waals surface area contributed by atoms with Gasteiger partial charge in [0.2, 0.25) is 41.4 Å². The highest BCUT2D eigenvalue weighted by atomic mass is 32.2. The minimum Gasteiger partial charge on any atom is -0.491 e. The van der Waals surface area contributed by atoms with Gasteiger partial charge in [0.1, 0.15) is 49.7 Å². The summed E-state index contributed by atoms with van der Waals surface area (Å²) >= 11 is 2.19. The number of methoxy groups -OCH3 is 2. The Morgan fingerprint density at radius 2 is 1.18 bits per heavy atom. The van der Waals surface area contributed by atoms with E-state index in [1.54, 1.807) is 191 Å². The first kappa shape index (κ1) is 103. The first-order valence-corrected chi connectivity index (χ1v) is 45.9. The molecule has 3 fully saturated rings. The topological polar surface area (TPSA) is 424 Å². The van der Waals surface area contributed by atoms with Crippen molar-refractivity contribution >= 4 is 112 Å². The number of primary amides is 1. The summed E-state index contributed by atoms with van der Waals surface area (Å²) in [6.45, 7) is 21.2. The maximum Gasteiger partial charge on any atom is 0.410 e. The van der Waals surface area contributed by atoms with Gasteiger partial charge in [-0.1, -0.05) is 135 Å². The SMILES string of the molecule is CCC(C)[C@@H]([C@@H](CC(=O)N1CCC[C@H]1[C@H](OC)[C@@H](C)C(=O)N[C@H](C)[C@@H](O)c1ccccc1)OC)N(C)C(=O)[C@@H](NC(=O)[C@H](C(C)C)N(C)C(=O)OCc1ccc(NC(=O)[C@H](CCCNC(N)=O)NC(=O)[C@@H](NC(=O)COCCOc2ccc(N3C(=O)C(Sc4ccc(C(=O)N5CCOCC5)cc4)=C(Sc4ccc(C(=O)N5CCOCC5)cc4)C3=O)cc2)C(C)C)cc1)C(C)C. The fraction of sp³-hybridized carbons (Fsp3) is 0.521. The van der Waals surface area contributed by atoms with Crippen LogP contribution in [0.3, 0.4) is 0 Å². The third-order valence-corrected chi connectivity index (χ3v) is 25.9. The van der Waals surface area contributed by atoms with Crippen LogP contribution in [-0.2, 0) is 78.2 Å². The van der Waals surface area contributed by atoms with Crippen molar-refractivity contribution in [2.75, 3.05) is 124 Å². The molecule has 4 heterocycles. The number of thioether (sulfide) groups is 2. The van der Waals surface area contributed by atoms with E-state index < -0.39 is 144 Å². The molecule has 12 atom stereocenters. The first-order chi connectivity index (χ1) is 62.1. The summed E-state index contributed by atoms with van der Waals surface area (Å²) in [5.41, 5.74) is 7.97. The number of aliphatic hydroxyl groups is 1. The Kier molecular flexibility index (Phi) is 39.4. The molecule has 0 spiro atoms. The van der Waals surface area contributed by atoms with E-state index in [1.165, 1.54) is 21.3 Å². The number of amides is 14. The Hall–Kier alpha value is -11.0. The Morgan fingerprint density at radius 3 is 1.71 bits per heavy atom. The predicted octanol–water partition coefficient (Wildman–Crippen LogP) is 8.30. The number of carbonyl (C=O) groups excluding carboxylic acids is 13. The molecule has 5 aromatic carbocycles. The summed E-state index contributed by atoms with van der Waals surface area (Å²) < 4.78 is 40.2. The summed E-state index contributed by atoms with van der Waals surface area (Å²) in [4.78, 5) is 191. The van der Waals surface area contributed by atoms with E-state index in [0.29, 0.717) is 122 Å². The van der Waals surface area contributed by atoms with Crippen molar-refractivity contribution in [1.29, 1.82) is 0 Å². The standard InChI is InChI=1S/C94H127N13O21S2/c1-15-59(8)79(73(122-13)53-75(109)106-42-20-24-72(106)81(123-14)60(9)84(111)97-61(10)80(110)63-21-17-16-18-22-63)102(11)90(117)77(57(4)5)101-87(114)78(58(6)7)103(12)94(121)128-54-62-25-31-66(32-26-62)98-85(112)71(23-19-41-96-93(95)120)99-86(113)76(56(2)3)100-74(108)55-126-51-52-127-68-35-33-67(34-36-68)107-91(118)82(129-69-37-27-64(28-38-69)88(115)104-43-47-124-48-44-104)83(92(107)119)130-70-39-29-65(30-40-70)89(116)105-45-49-125-50-46-105/h16-18,21-22,25-40,56-61,71-73,76-81,110H,15,19-20,23-24,41-55H2,1-14H3,(H,97,111)(H,98,112)(H,99,113)(H,100,108)(H,101,114)(H3,95,96,120)/t59?,60-,61-,71+,72+,73-,76+,77+,78+,79+,80-,81-/m1/s1. The summed E-state index contributed by atoms with van der Waals surface area (Å²) in [5.74, 6) is -7.01. The molecule has 0 bridgehead atoms. The van der Waals surface area contributed by atoms with Crippen molar-refractivity contribution in [1.82, 2.24) is 51.1 Å². The Balaban J connectivity index is 0.744. The summed E-state index contributed by atoms with van der Waals surface area (Å²) in [7, 11) is 6.05. The number of nitrogens with one attached hydrogen (secondary N) is 6. The summed E-state index contributed by atoms with van der Waals surface area (Å²) in [5, 5.41) is 27.6. The molecule has 4 aliphatic rings. The van der Waals surface area contributed by atoms with Gasteiger partial charge >= 0.3 is 12.1 Å². The molecule has 4 aliphatic heterocycles. The number of nitrogens with two attached hydrogens (primary N) is 1. The number of anilines is 2. The van der Waals surface area contributed by atoms with Crippen molar-refractivity contribution < 1.29 is 101 Å². The molecule has 706 valence electrons. The van der Waals surface area contributed by atoms with E-state index in [-0.39, 0.29) is 90.7 Å². The second kappa shape index (κ2) is 49.9. The Bertz CT molecular complexity index is 4610. The van der Waals surface area contributed by atoms with Crippen molar-refractivity contribution in [2.45, 2.75) is 185 Å². The van der Waals surface area contributed by atoms with Gasteiger partial charge in [-0.3, -0.25) is 57.6 Å². The van der Waals surface area contributed by atoms with Crippen LogP contribution < -0.4 is 47.3 Å². The lowest BCUT2D eigenvalue weighted by atomic mass is 9.89. The van der Waals surface area contributed by atoms with E-state index in [2.05, 4.69) is 31.9 Å². The molecule has 5 aromatic rings. The number of ether oxygens (including phenoxy) is 7. The van der Waals surface area contributed by atoms with Crippen LogP contribution >= 0.6 is 23.5 Å². The Morgan fingerprint density at radius 1 is 0.615 bits per heavy atom. The van der Waals surface area contributed by atoms with Crippen LogP contribution in [0.25, 0.3) is 0 Å². The number of likely N-dealkylation sites (tertiary alicyclic amines) is 1. The van der Waals surface area contributed by atoms with E-state index in [9.17, 15) is 67.4 Å². The minimum atomic E-state index is -1.19. The maximum atomic E-state index is 14.9. The molecule has 130 heavy (non-hydrogen) atoms. The van der Waals surface area contributed by atoms with E-state index in [0.717, 1.165) is 33.3 Å². The van der Waals surface area contributed by atoms with Crippen LogP contribution in [0.4, 0.5) is 21.0 Å². The summed E-state index contributed by atoms with van der Waals surface area (Å²) in [6, 6.07) is 28.2. The lowest BCUT2D eigenvalue weighted by Gasteiger charge is -2.41. The zero-order valence-corrected chi connectivity index (χ0v) is 78.2. The van der Waals surface area contributed by atoms with E-state index in [1.807, 2.05) is 32.0 Å². The van der Waals surface area contributed by atoms with Gasteiger partial charge in [-0.25, -0.2) is 14.5 Å². The van der Waals surface area contributed by atoms with Crippen LogP contribution in [0, 0.1) is 29.6 Å². The molecule has 0 aliphatic carbocycles. The quantitative estimate of drug-likeness (QED) is 0.0134. The van der Waals surface area contributed by atoms with Crippen LogP contribution in [0.2, 0.25) is 0 Å². The van der Waals surface area contributed by atoms with Crippen LogP contribution in [0.15, 0.2) is 147 Å². The van der Waals surface area contributed by atoms with E-state index in [4.69, 9.17) is 38.9 Å². The van der Waals surface area contributed by atoms with Crippen molar-refractivity contribution in [3.05, 3.63) is 159 Å². The monoisotopic (exact) mass is 1840 g/mol. The highest BCUT2D eigenvalue weighted by Crippen LogP contribution is 2.45. The zero-order valence-electron chi connectivity index (χ0n) is 76.6. The fourth-order valence-corrected chi connectivity index (χ4v) is 18.1. The van der Waals surface area contributed by atoms with Crippen LogP contribution in [-0.4, -0.2) is 275 Å². The molecule has 3 saturated heterocycles. The van der Waals surface area contributed by atoms with Gasteiger partial charge in [0.15, 0.2) is 0 Å². The molecule has 9 rings (SSSR count). The van der Waals surface area contributed by atoms with Gasteiger partial charge in [0, 0.05) is 94.2 Å². The van der Waals surface area contributed by atoms with Crippen LogP contribution in [0.5, 0.6) is 5.75 Å². The minimum absolute atomic E-state index is 0.0242. The average molecular weight is 1840 g/mol. The third kappa shape index (κ3) is 28.0. The molecule has 0 aromatic heterocycles. The number of rotatable bonds is 45. The molecule has 14 amide bonds. The number of benzene rings is 5. The third-order valence-electron chi connectivity index (χ3n) is 23.6. The van der Waals surface area contributed by atoms with Gasteiger partial charge in [0.05, 0.1) is 97.3 Å². The number of nitrogens with zero attached hydrogens (tertiary/aromatic N) is 6. The number of urea groups is 1. The fourth-order valence-electron chi connectivity index (χ4n) is 16.1. The number of morpholine rings is 2. The van der Waals surface area contributed by atoms with E-state index >= 15 is 0 Å². The molecular formula is C94H127N13O21S2. The predicted molar refractivity (Wildman–Crippen MR) is 489 cm³/mol. The van der Waals surface area contributed by atoms with Gasteiger partial charge < -0.3 is 95.5 Å². The second-order valence-electron chi connectivity index (χ2n) is 33.9. The number of carbonyl (C=O) groups is 13. The maximum absolute atomic E-state index is 14.9. The van der Waals surface area contributed by atoms with Crippen molar-refractivity contribution in [2.24, 2.45) is 35.3 Å². The number of likely N-dealkylation sites (N-methyl/N-ethyl adjacent to an activating group) is 2. The molecule has 9 N–H and O–H groups in total. The van der Waals surface area contributed by atoms with Crippen molar-refractivity contribution in [3.8, 4) is 5.75 Å². The molecular weight excluding hydrogens is 1710 g/mol. The highest BCUT2D eigenvalue weighted by molar-refractivity contribution is 8.08.